The summed E-state index contributed by atoms with van der Waals surface area (Å²) in [5, 5.41) is 2.53. The Kier molecular flexibility index (Phi) is 4.01. The lowest BCUT2D eigenvalue weighted by molar-refractivity contribution is 0.0954. The lowest BCUT2D eigenvalue weighted by Gasteiger charge is -2.12. The summed E-state index contributed by atoms with van der Waals surface area (Å²) in [6, 6.07) is 4.61. The molecule has 1 unspecified atom stereocenters. The molecule has 0 bridgehead atoms. The molecule has 7 heteroatoms. The van der Waals surface area contributed by atoms with Crippen molar-refractivity contribution in [2.75, 3.05) is 18.0 Å². The fourth-order valence-electron chi connectivity index (χ4n) is 2.11. The number of carbonyl (C=O) groups excluding carboxylic acids is 1. The van der Waals surface area contributed by atoms with Gasteiger partial charge in [0.05, 0.1) is 16.6 Å². The van der Waals surface area contributed by atoms with Gasteiger partial charge in [-0.15, -0.1) is 0 Å². The molecule has 19 heavy (non-hydrogen) atoms. The number of carbonyl (C=O) groups is 1. The van der Waals surface area contributed by atoms with E-state index in [1.54, 1.807) is 12.1 Å². The van der Waals surface area contributed by atoms with Gasteiger partial charge >= 0.3 is 0 Å². The summed E-state index contributed by atoms with van der Waals surface area (Å²) >= 11 is 5.80. The van der Waals surface area contributed by atoms with E-state index in [0.717, 1.165) is 0 Å². The van der Waals surface area contributed by atoms with Crippen LogP contribution in [0.3, 0.4) is 0 Å². The van der Waals surface area contributed by atoms with Crippen LogP contribution in [0.25, 0.3) is 0 Å². The number of hydrogen-bond acceptors (Lipinski definition) is 4. The minimum Gasteiger partial charge on any atom is -0.398 e. The van der Waals surface area contributed by atoms with Gasteiger partial charge in [-0.3, -0.25) is 4.79 Å². The second-order valence-electron chi connectivity index (χ2n) is 4.57. The summed E-state index contributed by atoms with van der Waals surface area (Å²) in [5.41, 5.74) is 6.27. The van der Waals surface area contributed by atoms with Crippen molar-refractivity contribution >= 4 is 33.0 Å². The zero-order valence-corrected chi connectivity index (χ0v) is 11.8. The highest BCUT2D eigenvalue weighted by atomic mass is 35.5. The molecule has 2 rings (SSSR count). The third kappa shape index (κ3) is 3.19. The maximum absolute atomic E-state index is 11.9. The van der Waals surface area contributed by atoms with E-state index in [4.69, 9.17) is 17.3 Å². The van der Waals surface area contributed by atoms with Crippen LogP contribution in [0.15, 0.2) is 18.2 Å². The molecule has 1 aliphatic heterocycles. The zero-order chi connectivity index (χ0) is 14.0. The molecule has 3 N–H and O–H groups in total. The Hall–Kier alpha value is -1.27. The molecule has 104 valence electrons. The Morgan fingerprint density at radius 1 is 1.47 bits per heavy atom. The number of anilines is 1. The SMILES string of the molecule is Nc1ccc(Cl)cc1C(=O)NCC1CCCS1(=O)=O. The zero-order valence-electron chi connectivity index (χ0n) is 10.2. The van der Waals surface area contributed by atoms with Gasteiger partial charge in [-0.25, -0.2) is 8.42 Å². The number of sulfone groups is 1. The highest BCUT2D eigenvalue weighted by Crippen LogP contribution is 2.20. The van der Waals surface area contributed by atoms with Gasteiger partial charge in [0.15, 0.2) is 9.84 Å². The predicted molar refractivity (Wildman–Crippen MR) is 75.0 cm³/mol. The fraction of sp³-hybridized carbons (Fsp3) is 0.417. The largest absolute Gasteiger partial charge is 0.398 e. The molecule has 1 atom stereocenters. The monoisotopic (exact) mass is 302 g/mol. The molecule has 0 saturated carbocycles. The minimum absolute atomic E-state index is 0.118. The Morgan fingerprint density at radius 3 is 2.84 bits per heavy atom. The number of rotatable bonds is 3. The first-order chi connectivity index (χ1) is 8.90. The van der Waals surface area contributed by atoms with Crippen molar-refractivity contribution in [3.8, 4) is 0 Å². The molecule has 1 fully saturated rings. The minimum atomic E-state index is -3.06. The molecule has 1 aromatic rings. The van der Waals surface area contributed by atoms with Crippen LogP contribution in [0.1, 0.15) is 23.2 Å². The fourth-order valence-corrected chi connectivity index (χ4v) is 4.05. The van der Waals surface area contributed by atoms with Crippen molar-refractivity contribution in [1.29, 1.82) is 0 Å². The molecule has 1 heterocycles. The first kappa shape index (κ1) is 14.1. The second kappa shape index (κ2) is 5.38. The number of nitrogens with one attached hydrogen (secondary N) is 1. The quantitative estimate of drug-likeness (QED) is 0.822. The van der Waals surface area contributed by atoms with Gasteiger partial charge in [-0.05, 0) is 31.0 Å². The Bertz CT molecular complexity index is 601. The van der Waals surface area contributed by atoms with E-state index in [0.29, 0.717) is 23.6 Å². The van der Waals surface area contributed by atoms with Crippen LogP contribution in [0, 0.1) is 0 Å². The summed E-state index contributed by atoms with van der Waals surface area (Å²) < 4.78 is 23.3. The standard InChI is InChI=1S/C12H15ClN2O3S/c13-8-3-4-11(14)10(6-8)12(16)15-7-9-2-1-5-19(9,17)18/h3-4,6,9H,1-2,5,7,14H2,(H,15,16). The molecule has 1 aliphatic rings. The van der Waals surface area contributed by atoms with Crippen LogP contribution in [-0.2, 0) is 9.84 Å². The van der Waals surface area contributed by atoms with Crippen LogP contribution < -0.4 is 11.1 Å². The molecule has 0 aromatic heterocycles. The highest BCUT2D eigenvalue weighted by molar-refractivity contribution is 7.92. The van der Waals surface area contributed by atoms with Gasteiger partial charge in [0.1, 0.15) is 0 Å². The Labute approximate surface area is 117 Å². The van der Waals surface area contributed by atoms with Gasteiger partial charge in [0, 0.05) is 17.3 Å². The van der Waals surface area contributed by atoms with E-state index in [1.165, 1.54) is 6.07 Å². The molecule has 0 spiro atoms. The van der Waals surface area contributed by atoms with E-state index in [1.807, 2.05) is 0 Å². The van der Waals surface area contributed by atoms with E-state index < -0.39 is 21.0 Å². The summed E-state index contributed by atoms with van der Waals surface area (Å²) in [7, 11) is -3.06. The molecular formula is C12H15ClN2O3S. The molecule has 1 aromatic carbocycles. The molecule has 0 radical (unpaired) electrons. The van der Waals surface area contributed by atoms with Crippen LogP contribution >= 0.6 is 11.6 Å². The first-order valence-electron chi connectivity index (χ1n) is 5.95. The number of nitrogens with two attached hydrogens (primary N) is 1. The van der Waals surface area contributed by atoms with Crippen molar-refractivity contribution in [3.05, 3.63) is 28.8 Å². The van der Waals surface area contributed by atoms with E-state index >= 15 is 0 Å². The summed E-state index contributed by atoms with van der Waals surface area (Å²) in [6.07, 6.45) is 1.25. The van der Waals surface area contributed by atoms with Crippen LogP contribution in [0.2, 0.25) is 5.02 Å². The second-order valence-corrected chi connectivity index (χ2v) is 7.41. The average Bonchev–Trinajstić information content (AvgIpc) is 2.68. The third-order valence-electron chi connectivity index (χ3n) is 3.21. The number of benzene rings is 1. The number of halogens is 1. The molecule has 1 saturated heterocycles. The molecule has 5 nitrogen and oxygen atoms in total. The van der Waals surface area contributed by atoms with E-state index in [2.05, 4.69) is 5.32 Å². The highest BCUT2D eigenvalue weighted by Gasteiger charge is 2.31. The average molecular weight is 303 g/mol. The number of amides is 1. The van der Waals surface area contributed by atoms with Crippen LogP contribution in [0.4, 0.5) is 5.69 Å². The van der Waals surface area contributed by atoms with Gasteiger partial charge in [0.2, 0.25) is 0 Å². The Morgan fingerprint density at radius 2 is 2.21 bits per heavy atom. The number of hydrogen-bond donors (Lipinski definition) is 2. The third-order valence-corrected chi connectivity index (χ3v) is 5.72. The first-order valence-corrected chi connectivity index (χ1v) is 8.04. The van der Waals surface area contributed by atoms with Gasteiger partial charge in [-0.1, -0.05) is 11.6 Å². The van der Waals surface area contributed by atoms with Crippen LogP contribution in [-0.4, -0.2) is 31.9 Å². The molecule has 1 amide bonds. The Balaban J connectivity index is 2.04. The lowest BCUT2D eigenvalue weighted by Crippen LogP contribution is -2.34. The smallest absolute Gasteiger partial charge is 0.253 e. The lowest BCUT2D eigenvalue weighted by atomic mass is 10.1. The van der Waals surface area contributed by atoms with Crippen molar-refractivity contribution in [2.45, 2.75) is 18.1 Å². The predicted octanol–water partition coefficient (Wildman–Crippen LogP) is 1.23. The summed E-state index contributed by atoms with van der Waals surface area (Å²) in [6.45, 7) is 0.118. The van der Waals surface area contributed by atoms with Crippen molar-refractivity contribution in [3.63, 3.8) is 0 Å². The van der Waals surface area contributed by atoms with Crippen LogP contribution in [0.5, 0.6) is 0 Å². The van der Waals surface area contributed by atoms with E-state index in [9.17, 15) is 13.2 Å². The normalized spacial score (nSPS) is 21.2. The topological polar surface area (TPSA) is 89.3 Å². The maximum Gasteiger partial charge on any atom is 0.253 e. The van der Waals surface area contributed by atoms with Gasteiger partial charge in [0.25, 0.3) is 5.91 Å². The van der Waals surface area contributed by atoms with Gasteiger partial charge < -0.3 is 11.1 Å². The van der Waals surface area contributed by atoms with Crippen molar-refractivity contribution in [1.82, 2.24) is 5.32 Å². The molecular weight excluding hydrogens is 288 g/mol. The van der Waals surface area contributed by atoms with Crippen molar-refractivity contribution < 1.29 is 13.2 Å². The summed E-state index contributed by atoms with van der Waals surface area (Å²) in [5.74, 6) is -0.200. The molecule has 0 aliphatic carbocycles. The summed E-state index contributed by atoms with van der Waals surface area (Å²) in [4.78, 5) is 11.9. The number of nitrogen functional groups attached to an aromatic ring is 1. The van der Waals surface area contributed by atoms with E-state index in [-0.39, 0.29) is 17.9 Å². The van der Waals surface area contributed by atoms with Crippen molar-refractivity contribution in [2.24, 2.45) is 0 Å². The maximum atomic E-state index is 11.9. The van der Waals surface area contributed by atoms with Gasteiger partial charge in [-0.2, -0.15) is 0 Å².